The molecule has 32 heavy (non-hydrogen) atoms. The number of nitrogens with one attached hydrogen (secondary N) is 1. The fraction of sp³-hybridized carbons (Fsp3) is 0.273. The smallest absolute Gasteiger partial charge is 0.435 e. The van der Waals surface area contributed by atoms with Crippen LogP contribution in [0.25, 0.3) is 10.6 Å². The Kier molecular flexibility index (Phi) is 6.73. The number of hydrogen-bond acceptors (Lipinski definition) is 5. The van der Waals surface area contributed by atoms with E-state index >= 15 is 0 Å². The molecule has 1 amide bonds. The number of halogens is 4. The van der Waals surface area contributed by atoms with Crippen LogP contribution in [0.3, 0.4) is 0 Å². The fourth-order valence-electron chi connectivity index (χ4n) is 3.05. The molecule has 0 spiro atoms. The maximum absolute atomic E-state index is 13.7. The van der Waals surface area contributed by atoms with E-state index in [1.807, 2.05) is 31.1 Å². The number of carbonyl (C=O) groups excluding carboxylic acids is 1. The molecule has 0 bridgehead atoms. The molecule has 0 saturated carbocycles. The average molecular weight is 467 g/mol. The highest BCUT2D eigenvalue weighted by Gasteiger charge is 2.40. The van der Waals surface area contributed by atoms with Gasteiger partial charge in [0.1, 0.15) is 21.5 Å². The van der Waals surface area contributed by atoms with E-state index in [2.05, 4.69) is 10.3 Å². The molecule has 170 valence electrons. The Morgan fingerprint density at radius 3 is 2.53 bits per heavy atom. The first-order chi connectivity index (χ1) is 15.0. The van der Waals surface area contributed by atoms with E-state index < -0.39 is 34.5 Å². The number of nitrogens with zero attached hydrogens (tertiary/aromatic N) is 2. The molecule has 3 aromatic rings. The molecule has 3 rings (SSSR count). The van der Waals surface area contributed by atoms with Gasteiger partial charge in [-0.3, -0.25) is 4.79 Å². The van der Waals surface area contributed by atoms with Crippen LogP contribution in [0.1, 0.15) is 33.9 Å². The number of methoxy groups -OCH3 is 1. The van der Waals surface area contributed by atoms with Crippen LogP contribution >= 0.6 is 11.3 Å². The van der Waals surface area contributed by atoms with Gasteiger partial charge in [-0.15, -0.1) is 11.3 Å². The Bertz CT molecular complexity index is 1130. The molecule has 1 aromatic heterocycles. The zero-order valence-electron chi connectivity index (χ0n) is 17.7. The fourth-order valence-corrected chi connectivity index (χ4v) is 4.06. The maximum atomic E-state index is 13.7. The van der Waals surface area contributed by atoms with Crippen LogP contribution in [-0.2, 0) is 6.18 Å². The van der Waals surface area contributed by atoms with Crippen LogP contribution in [0.2, 0.25) is 0 Å². The second kappa shape index (κ2) is 9.15. The average Bonchev–Trinajstić information content (AvgIpc) is 3.20. The maximum Gasteiger partial charge on any atom is 0.435 e. The number of carbonyl (C=O) groups is 1. The van der Waals surface area contributed by atoms with Crippen molar-refractivity contribution in [1.29, 1.82) is 0 Å². The summed E-state index contributed by atoms with van der Waals surface area (Å²) < 4.78 is 59.8. The molecule has 0 aliphatic carbocycles. The minimum absolute atomic E-state index is 0.0359. The summed E-state index contributed by atoms with van der Waals surface area (Å²) in [6, 6.07) is 10.2. The first-order valence-electron chi connectivity index (χ1n) is 9.51. The Morgan fingerprint density at radius 2 is 1.91 bits per heavy atom. The largest absolute Gasteiger partial charge is 0.496 e. The molecule has 1 N–H and O–H groups in total. The van der Waals surface area contributed by atoms with Gasteiger partial charge in [0.25, 0.3) is 5.91 Å². The number of hydrogen-bond donors (Lipinski definition) is 1. The van der Waals surface area contributed by atoms with Crippen molar-refractivity contribution in [3.8, 4) is 16.3 Å². The van der Waals surface area contributed by atoms with E-state index in [0.717, 1.165) is 23.4 Å². The molecule has 0 saturated heterocycles. The van der Waals surface area contributed by atoms with Crippen molar-refractivity contribution in [3.63, 3.8) is 0 Å². The Balaban J connectivity index is 1.97. The first kappa shape index (κ1) is 23.5. The number of ether oxygens (including phenoxy) is 1. The number of anilines is 1. The molecule has 1 unspecified atom stereocenters. The second-order valence-electron chi connectivity index (χ2n) is 7.22. The molecule has 2 aromatic carbocycles. The third-order valence-corrected chi connectivity index (χ3v) is 5.82. The molecule has 0 radical (unpaired) electrons. The van der Waals surface area contributed by atoms with Crippen LogP contribution < -0.4 is 15.0 Å². The number of thiazole rings is 1. The number of amides is 1. The summed E-state index contributed by atoms with van der Waals surface area (Å²) in [5.74, 6) is -1.43. The predicted octanol–water partition coefficient (Wildman–Crippen LogP) is 5.53. The van der Waals surface area contributed by atoms with Gasteiger partial charge >= 0.3 is 6.18 Å². The molecule has 0 aliphatic rings. The van der Waals surface area contributed by atoms with Gasteiger partial charge in [-0.1, -0.05) is 12.1 Å². The Labute approximate surface area is 186 Å². The van der Waals surface area contributed by atoms with E-state index in [1.54, 1.807) is 19.1 Å². The van der Waals surface area contributed by atoms with Gasteiger partial charge in [0.15, 0.2) is 5.69 Å². The van der Waals surface area contributed by atoms with E-state index in [0.29, 0.717) is 11.3 Å². The number of alkyl halides is 3. The summed E-state index contributed by atoms with van der Waals surface area (Å²) in [6.45, 7) is 1.68. The molecule has 0 fully saturated rings. The minimum Gasteiger partial charge on any atom is -0.496 e. The molecule has 1 atom stereocenters. The lowest BCUT2D eigenvalue weighted by Gasteiger charge is -2.18. The third-order valence-electron chi connectivity index (χ3n) is 4.73. The minimum atomic E-state index is -4.87. The van der Waals surface area contributed by atoms with Gasteiger partial charge in [0, 0.05) is 19.8 Å². The predicted molar refractivity (Wildman–Crippen MR) is 116 cm³/mol. The summed E-state index contributed by atoms with van der Waals surface area (Å²) in [7, 11) is 5.03. The van der Waals surface area contributed by atoms with Crippen molar-refractivity contribution >= 4 is 22.9 Å². The standard InChI is InChI=1S/C22H21F4N3O2S/c1-12(13-6-5-7-15(10-13)29(2)3)27-20(30)18-19(22(24,25)26)28-21(32-18)16-11-14(23)8-9-17(16)31-4/h5-12H,1-4H3,(H,27,30). The Hall–Kier alpha value is -3.14. The highest BCUT2D eigenvalue weighted by atomic mass is 32.1. The lowest BCUT2D eigenvalue weighted by molar-refractivity contribution is -0.141. The lowest BCUT2D eigenvalue weighted by atomic mass is 10.1. The monoisotopic (exact) mass is 467 g/mol. The van der Waals surface area contributed by atoms with Crippen LogP contribution in [0, 0.1) is 5.82 Å². The van der Waals surface area contributed by atoms with Crippen molar-refractivity contribution in [1.82, 2.24) is 10.3 Å². The SMILES string of the molecule is COc1ccc(F)cc1-c1nc(C(F)(F)F)c(C(=O)NC(C)c2cccc(N(C)C)c2)s1. The van der Waals surface area contributed by atoms with Crippen LogP contribution in [-0.4, -0.2) is 32.1 Å². The molecular weight excluding hydrogens is 446 g/mol. The summed E-state index contributed by atoms with van der Waals surface area (Å²) >= 11 is 0.533. The van der Waals surface area contributed by atoms with Gasteiger partial charge in [-0.05, 0) is 42.8 Å². The number of benzene rings is 2. The van der Waals surface area contributed by atoms with Gasteiger partial charge in [0.2, 0.25) is 0 Å². The van der Waals surface area contributed by atoms with Crippen molar-refractivity contribution in [2.75, 3.05) is 26.1 Å². The van der Waals surface area contributed by atoms with Crippen molar-refractivity contribution in [2.45, 2.75) is 19.1 Å². The summed E-state index contributed by atoms with van der Waals surface area (Å²) in [6.07, 6.45) is -4.87. The van der Waals surface area contributed by atoms with Crippen molar-refractivity contribution in [3.05, 3.63) is 64.4 Å². The zero-order valence-corrected chi connectivity index (χ0v) is 18.6. The summed E-state index contributed by atoms with van der Waals surface area (Å²) in [5, 5.41) is 2.44. The normalized spacial score (nSPS) is 12.4. The van der Waals surface area contributed by atoms with Crippen LogP contribution in [0.4, 0.5) is 23.2 Å². The van der Waals surface area contributed by atoms with E-state index in [4.69, 9.17) is 4.74 Å². The molecule has 1 heterocycles. The highest BCUT2D eigenvalue weighted by molar-refractivity contribution is 7.17. The van der Waals surface area contributed by atoms with Gasteiger partial charge < -0.3 is 15.0 Å². The highest BCUT2D eigenvalue weighted by Crippen LogP contribution is 2.40. The topological polar surface area (TPSA) is 54.5 Å². The quantitative estimate of drug-likeness (QED) is 0.484. The molecule has 0 aliphatic heterocycles. The van der Waals surface area contributed by atoms with E-state index in [1.165, 1.54) is 13.2 Å². The van der Waals surface area contributed by atoms with Gasteiger partial charge in [-0.25, -0.2) is 9.37 Å². The van der Waals surface area contributed by atoms with Crippen molar-refractivity contribution in [2.24, 2.45) is 0 Å². The molecule has 10 heteroatoms. The number of rotatable bonds is 6. The van der Waals surface area contributed by atoms with Gasteiger partial charge in [-0.2, -0.15) is 13.2 Å². The lowest BCUT2D eigenvalue weighted by Crippen LogP contribution is -2.28. The zero-order chi connectivity index (χ0) is 23.6. The molecule has 5 nitrogen and oxygen atoms in total. The third kappa shape index (κ3) is 5.01. The Morgan fingerprint density at radius 1 is 1.19 bits per heavy atom. The first-order valence-corrected chi connectivity index (χ1v) is 10.3. The van der Waals surface area contributed by atoms with Crippen molar-refractivity contribution < 1.29 is 27.1 Å². The van der Waals surface area contributed by atoms with Crippen LogP contribution in [0.15, 0.2) is 42.5 Å². The molecular formula is C22H21F4N3O2S. The number of aromatic nitrogens is 1. The van der Waals surface area contributed by atoms with Gasteiger partial charge in [0.05, 0.1) is 18.7 Å². The van der Waals surface area contributed by atoms with Crippen LogP contribution in [0.5, 0.6) is 5.75 Å². The summed E-state index contributed by atoms with van der Waals surface area (Å²) in [4.78, 5) is 17.7. The summed E-state index contributed by atoms with van der Waals surface area (Å²) in [5.41, 5.74) is 0.330. The van der Waals surface area contributed by atoms with E-state index in [9.17, 15) is 22.4 Å². The second-order valence-corrected chi connectivity index (χ2v) is 8.22. The van der Waals surface area contributed by atoms with E-state index in [-0.39, 0.29) is 16.3 Å².